The molecule has 8 heteroatoms. The monoisotopic (exact) mass is 536 g/mol. The summed E-state index contributed by atoms with van der Waals surface area (Å²) in [5.41, 5.74) is 3.61. The Labute approximate surface area is 228 Å². The Balaban J connectivity index is 1.12. The van der Waals surface area contributed by atoms with Crippen molar-refractivity contribution in [2.24, 2.45) is 11.8 Å². The fourth-order valence-electron chi connectivity index (χ4n) is 5.39. The van der Waals surface area contributed by atoms with E-state index < -0.39 is 0 Å². The molecule has 2 aliphatic carbocycles. The topological polar surface area (TPSA) is 106 Å². The second-order valence-electron chi connectivity index (χ2n) is 10.7. The van der Waals surface area contributed by atoms with Crippen LogP contribution in [0, 0.1) is 34.5 Å². The van der Waals surface area contributed by atoms with Crippen LogP contribution in [0.25, 0.3) is 0 Å². The molecule has 2 unspecified atom stereocenters. The maximum absolute atomic E-state index is 12.5. The lowest BCUT2D eigenvalue weighted by molar-refractivity contribution is -0.117. The van der Waals surface area contributed by atoms with Crippen molar-refractivity contribution < 1.29 is 9.59 Å². The number of hydrogen-bond donors (Lipinski definition) is 2. The largest absolute Gasteiger partial charge is 0.317 e. The van der Waals surface area contributed by atoms with Crippen LogP contribution in [0.5, 0.6) is 0 Å². The molecule has 2 amide bonds. The molecule has 2 N–H and O–H groups in total. The molecule has 0 aromatic carbocycles. The number of unbranched alkanes of at least 4 members (excludes halogenated alkanes) is 4. The van der Waals surface area contributed by atoms with Crippen LogP contribution in [0.4, 0.5) is 10.0 Å². The van der Waals surface area contributed by atoms with Crippen molar-refractivity contribution in [3.8, 4) is 12.1 Å². The van der Waals surface area contributed by atoms with Gasteiger partial charge in [-0.3, -0.25) is 9.59 Å². The number of nitrogens with zero attached hydrogens (tertiary/aromatic N) is 2. The average molecular weight is 537 g/mol. The van der Waals surface area contributed by atoms with Crippen molar-refractivity contribution in [3.63, 3.8) is 0 Å². The molecule has 2 aromatic rings. The highest BCUT2D eigenvalue weighted by molar-refractivity contribution is 7.17. The zero-order chi connectivity index (χ0) is 26.4. The summed E-state index contributed by atoms with van der Waals surface area (Å²) in [6.07, 6.45) is 11.4. The van der Waals surface area contributed by atoms with Crippen LogP contribution in [0.1, 0.15) is 104 Å². The lowest BCUT2D eigenvalue weighted by Gasteiger charge is -2.17. The molecule has 4 rings (SSSR count). The van der Waals surface area contributed by atoms with E-state index in [4.69, 9.17) is 0 Å². The van der Waals surface area contributed by atoms with Crippen LogP contribution >= 0.6 is 22.7 Å². The number of nitriles is 2. The molecule has 0 saturated heterocycles. The fraction of sp³-hybridized carbons (Fsp3) is 0.586. The third-order valence-electron chi connectivity index (χ3n) is 7.56. The summed E-state index contributed by atoms with van der Waals surface area (Å²) in [6.45, 7) is 4.47. The molecule has 0 aliphatic heterocycles. The third kappa shape index (κ3) is 6.80. The van der Waals surface area contributed by atoms with E-state index >= 15 is 0 Å². The zero-order valence-corrected chi connectivity index (χ0v) is 23.5. The van der Waals surface area contributed by atoms with Gasteiger partial charge in [-0.25, -0.2) is 0 Å². The first kappa shape index (κ1) is 27.4. The quantitative estimate of drug-likeness (QED) is 0.316. The Bertz CT molecular complexity index is 1140. The molecule has 2 heterocycles. The molecule has 2 aromatic heterocycles. The predicted molar refractivity (Wildman–Crippen MR) is 150 cm³/mol. The Morgan fingerprint density at radius 2 is 1.16 bits per heavy atom. The van der Waals surface area contributed by atoms with Gasteiger partial charge in [-0.2, -0.15) is 10.5 Å². The lowest BCUT2D eigenvalue weighted by atomic mass is 9.88. The maximum atomic E-state index is 12.5. The van der Waals surface area contributed by atoms with Crippen molar-refractivity contribution in [3.05, 3.63) is 32.0 Å². The van der Waals surface area contributed by atoms with Gasteiger partial charge in [-0.15, -0.1) is 22.7 Å². The van der Waals surface area contributed by atoms with E-state index in [0.29, 0.717) is 35.8 Å². The second-order valence-corrected chi connectivity index (χ2v) is 12.9. The Kier molecular flexibility index (Phi) is 9.40. The molecule has 6 nitrogen and oxygen atoms in total. The number of carbonyl (C=O) groups is 2. The van der Waals surface area contributed by atoms with Crippen molar-refractivity contribution in [1.29, 1.82) is 10.5 Å². The van der Waals surface area contributed by atoms with Crippen LogP contribution in [-0.2, 0) is 35.3 Å². The standard InChI is InChI=1S/C29H36N4O2S2/c1-18-10-12-20-22(16-30)28(36-24(20)14-18)32-26(34)8-6-4-3-5-7-9-27(35)33-29-23(17-31)21-13-11-19(2)15-25(21)37-29/h18-19H,3-15H2,1-2H3,(H,32,34)(H,33,35). The Morgan fingerprint density at radius 3 is 1.57 bits per heavy atom. The van der Waals surface area contributed by atoms with Crippen LogP contribution < -0.4 is 10.6 Å². The summed E-state index contributed by atoms with van der Waals surface area (Å²) in [5.74, 6) is 1.21. The molecule has 0 fully saturated rings. The first-order chi connectivity index (χ1) is 17.9. The van der Waals surface area contributed by atoms with E-state index in [9.17, 15) is 20.1 Å². The van der Waals surface area contributed by atoms with Crippen LogP contribution in [0.15, 0.2) is 0 Å². The highest BCUT2D eigenvalue weighted by Gasteiger charge is 2.25. The van der Waals surface area contributed by atoms with Gasteiger partial charge in [0, 0.05) is 22.6 Å². The van der Waals surface area contributed by atoms with Crippen molar-refractivity contribution in [1.82, 2.24) is 0 Å². The van der Waals surface area contributed by atoms with Crippen LogP contribution in [0.3, 0.4) is 0 Å². The smallest absolute Gasteiger partial charge is 0.225 e. The zero-order valence-electron chi connectivity index (χ0n) is 21.9. The molecular weight excluding hydrogens is 500 g/mol. The number of carbonyl (C=O) groups excluding carboxylic acids is 2. The van der Waals surface area contributed by atoms with E-state index in [2.05, 4.69) is 36.6 Å². The minimum atomic E-state index is -0.0242. The van der Waals surface area contributed by atoms with Crippen molar-refractivity contribution >= 4 is 44.5 Å². The van der Waals surface area contributed by atoms with Crippen molar-refractivity contribution in [2.75, 3.05) is 10.6 Å². The first-order valence-corrected chi connectivity index (χ1v) is 15.2. The number of amides is 2. The number of rotatable bonds is 10. The Hall–Kier alpha value is -2.68. The molecule has 37 heavy (non-hydrogen) atoms. The highest BCUT2D eigenvalue weighted by Crippen LogP contribution is 2.40. The Morgan fingerprint density at radius 1 is 0.757 bits per heavy atom. The van der Waals surface area contributed by atoms with E-state index in [-0.39, 0.29) is 11.8 Å². The molecule has 0 saturated carbocycles. The van der Waals surface area contributed by atoms with Gasteiger partial charge in [0.05, 0.1) is 11.1 Å². The maximum Gasteiger partial charge on any atom is 0.225 e. The summed E-state index contributed by atoms with van der Waals surface area (Å²) in [5, 5.41) is 26.6. The van der Waals surface area contributed by atoms with Gasteiger partial charge in [0.1, 0.15) is 22.1 Å². The van der Waals surface area contributed by atoms with E-state index in [0.717, 1.165) is 91.8 Å². The minimum Gasteiger partial charge on any atom is -0.317 e. The van der Waals surface area contributed by atoms with Crippen molar-refractivity contribution in [2.45, 2.75) is 97.3 Å². The summed E-state index contributed by atoms with van der Waals surface area (Å²) >= 11 is 3.15. The fourth-order valence-corrected chi connectivity index (χ4v) is 8.15. The highest BCUT2D eigenvalue weighted by atomic mass is 32.1. The van der Waals surface area contributed by atoms with E-state index in [1.807, 2.05) is 0 Å². The van der Waals surface area contributed by atoms with E-state index in [1.54, 1.807) is 22.7 Å². The number of anilines is 2. The van der Waals surface area contributed by atoms with Crippen LogP contribution in [-0.4, -0.2) is 11.8 Å². The second kappa shape index (κ2) is 12.7. The van der Waals surface area contributed by atoms with Gasteiger partial charge in [0.15, 0.2) is 0 Å². The summed E-state index contributed by atoms with van der Waals surface area (Å²) in [4.78, 5) is 27.4. The molecule has 0 radical (unpaired) electrons. The molecule has 0 spiro atoms. The summed E-state index contributed by atoms with van der Waals surface area (Å²) in [6, 6.07) is 4.61. The summed E-state index contributed by atoms with van der Waals surface area (Å²) < 4.78 is 0. The SMILES string of the molecule is CC1CCc2c(sc(NC(=O)CCCCCCCC(=O)Nc3sc4c(c3C#N)CCC(C)C4)c2C#N)C1. The number of thiophene rings is 2. The van der Waals surface area contributed by atoms with Gasteiger partial charge in [-0.05, 0) is 74.3 Å². The normalized spacial score (nSPS) is 18.3. The minimum absolute atomic E-state index is 0.0242. The first-order valence-electron chi connectivity index (χ1n) is 13.6. The number of fused-ring (bicyclic) bond motifs is 2. The summed E-state index contributed by atoms with van der Waals surface area (Å²) in [7, 11) is 0. The number of nitrogens with one attached hydrogen (secondary N) is 2. The van der Waals surface area contributed by atoms with Crippen LogP contribution in [0.2, 0.25) is 0 Å². The van der Waals surface area contributed by atoms with Gasteiger partial charge >= 0.3 is 0 Å². The van der Waals surface area contributed by atoms with Gasteiger partial charge in [0.2, 0.25) is 11.8 Å². The average Bonchev–Trinajstić information content (AvgIpc) is 3.38. The third-order valence-corrected chi connectivity index (χ3v) is 9.90. The lowest BCUT2D eigenvalue weighted by Crippen LogP contribution is -2.12. The van der Waals surface area contributed by atoms with E-state index in [1.165, 1.54) is 9.75 Å². The predicted octanol–water partition coefficient (Wildman–Crippen LogP) is 7.11. The molecule has 2 atom stereocenters. The molecule has 0 bridgehead atoms. The van der Waals surface area contributed by atoms with Gasteiger partial charge in [-0.1, -0.05) is 33.1 Å². The molecular formula is C29H36N4O2S2. The number of hydrogen-bond acceptors (Lipinski definition) is 6. The molecule has 2 aliphatic rings. The van der Waals surface area contributed by atoms with Gasteiger partial charge < -0.3 is 10.6 Å². The van der Waals surface area contributed by atoms with Gasteiger partial charge in [0.25, 0.3) is 0 Å². The molecule has 196 valence electrons.